The summed E-state index contributed by atoms with van der Waals surface area (Å²) in [5.41, 5.74) is 0. The molecule has 0 spiro atoms. The Morgan fingerprint density at radius 3 is 1.75 bits per heavy atom. The van der Waals surface area contributed by atoms with E-state index in [1.54, 1.807) is 0 Å². The second kappa shape index (κ2) is 4.95. The summed E-state index contributed by atoms with van der Waals surface area (Å²) in [7, 11) is 0. The second-order valence-electron chi connectivity index (χ2n) is 4.66. The van der Waals surface area contributed by atoms with E-state index < -0.39 is 24.7 Å². The standard InChI is InChI=1S/C10H20N2O4/c13-7-5-12(6-8(7)14)10(16)9(15)11-3-1-2-4-11/h7-10,13-16H,1-6H2/t7?,8?,9-,10?/m1/s1. The molecule has 0 aromatic rings. The molecule has 2 heterocycles. The first-order chi connectivity index (χ1) is 7.59. The predicted molar refractivity (Wildman–Crippen MR) is 56.4 cm³/mol. The number of hydrogen-bond donors (Lipinski definition) is 4. The molecular weight excluding hydrogens is 212 g/mol. The maximum Gasteiger partial charge on any atom is 0.147 e. The van der Waals surface area contributed by atoms with Crippen molar-refractivity contribution in [2.75, 3.05) is 26.2 Å². The van der Waals surface area contributed by atoms with Gasteiger partial charge in [0.1, 0.15) is 12.5 Å². The van der Waals surface area contributed by atoms with Gasteiger partial charge in [-0.3, -0.25) is 9.80 Å². The van der Waals surface area contributed by atoms with E-state index in [4.69, 9.17) is 0 Å². The van der Waals surface area contributed by atoms with E-state index in [0.717, 1.165) is 25.9 Å². The number of hydrogen-bond acceptors (Lipinski definition) is 6. The van der Waals surface area contributed by atoms with Gasteiger partial charge in [-0.15, -0.1) is 0 Å². The fourth-order valence-corrected chi connectivity index (χ4v) is 2.40. The lowest BCUT2D eigenvalue weighted by Gasteiger charge is -2.32. The number of β-amino-alcohol motifs (C(OH)–C–C–N with tert-alkyl or cyclic N) is 2. The van der Waals surface area contributed by atoms with Crippen LogP contribution in [0.15, 0.2) is 0 Å². The Bertz CT molecular complexity index is 223. The van der Waals surface area contributed by atoms with Gasteiger partial charge in [0.05, 0.1) is 12.2 Å². The van der Waals surface area contributed by atoms with Gasteiger partial charge < -0.3 is 20.4 Å². The zero-order valence-corrected chi connectivity index (χ0v) is 9.24. The van der Waals surface area contributed by atoms with Crippen molar-refractivity contribution in [1.82, 2.24) is 9.80 Å². The Morgan fingerprint density at radius 1 is 0.812 bits per heavy atom. The minimum atomic E-state index is -1.04. The molecule has 0 aliphatic carbocycles. The number of aliphatic hydroxyl groups is 4. The molecule has 0 amide bonds. The van der Waals surface area contributed by atoms with Gasteiger partial charge in [0.2, 0.25) is 0 Å². The summed E-state index contributed by atoms with van der Waals surface area (Å²) in [6.07, 6.45) is -1.56. The summed E-state index contributed by atoms with van der Waals surface area (Å²) in [6, 6.07) is 0. The van der Waals surface area contributed by atoms with E-state index in [1.165, 1.54) is 4.90 Å². The largest absolute Gasteiger partial charge is 0.389 e. The molecule has 3 unspecified atom stereocenters. The highest BCUT2D eigenvalue weighted by atomic mass is 16.4. The van der Waals surface area contributed by atoms with Crippen molar-refractivity contribution in [2.45, 2.75) is 37.5 Å². The smallest absolute Gasteiger partial charge is 0.147 e. The van der Waals surface area contributed by atoms with E-state index in [1.807, 2.05) is 4.90 Å². The van der Waals surface area contributed by atoms with E-state index in [-0.39, 0.29) is 13.1 Å². The molecule has 2 fully saturated rings. The zero-order valence-electron chi connectivity index (χ0n) is 9.24. The van der Waals surface area contributed by atoms with Crippen molar-refractivity contribution in [1.29, 1.82) is 0 Å². The van der Waals surface area contributed by atoms with E-state index >= 15 is 0 Å². The molecule has 4 atom stereocenters. The molecule has 2 rings (SSSR count). The molecule has 6 heteroatoms. The van der Waals surface area contributed by atoms with E-state index in [9.17, 15) is 20.4 Å². The topological polar surface area (TPSA) is 87.4 Å². The van der Waals surface area contributed by atoms with Gasteiger partial charge in [-0.2, -0.15) is 0 Å². The summed E-state index contributed by atoms with van der Waals surface area (Å²) in [6.45, 7) is 1.98. The number of rotatable bonds is 3. The normalized spacial score (nSPS) is 36.8. The molecule has 2 saturated heterocycles. The SMILES string of the molecule is OC1CN(C(O)[C@@H](O)N2CCCC2)CC1O. The van der Waals surface area contributed by atoms with Crippen LogP contribution < -0.4 is 0 Å². The minimum Gasteiger partial charge on any atom is -0.389 e. The van der Waals surface area contributed by atoms with Crippen molar-refractivity contribution in [3.8, 4) is 0 Å². The maximum atomic E-state index is 9.93. The molecule has 4 N–H and O–H groups in total. The zero-order chi connectivity index (χ0) is 11.7. The third kappa shape index (κ3) is 2.37. The predicted octanol–water partition coefficient (Wildman–Crippen LogP) is -2.24. The maximum absolute atomic E-state index is 9.93. The third-order valence-corrected chi connectivity index (χ3v) is 3.44. The highest BCUT2D eigenvalue weighted by molar-refractivity contribution is 4.86. The van der Waals surface area contributed by atoms with Crippen molar-refractivity contribution < 1.29 is 20.4 Å². The van der Waals surface area contributed by atoms with Crippen LogP contribution in [0.1, 0.15) is 12.8 Å². The first kappa shape index (κ1) is 12.2. The molecule has 16 heavy (non-hydrogen) atoms. The molecule has 2 aliphatic rings. The molecule has 6 nitrogen and oxygen atoms in total. The van der Waals surface area contributed by atoms with Crippen LogP contribution in [0.25, 0.3) is 0 Å². The van der Waals surface area contributed by atoms with Crippen LogP contribution >= 0.6 is 0 Å². The lowest BCUT2D eigenvalue weighted by atomic mass is 10.3. The van der Waals surface area contributed by atoms with E-state index in [2.05, 4.69) is 0 Å². The van der Waals surface area contributed by atoms with Crippen molar-refractivity contribution >= 4 is 0 Å². The fraction of sp³-hybridized carbons (Fsp3) is 1.00. The van der Waals surface area contributed by atoms with Crippen LogP contribution in [0.3, 0.4) is 0 Å². The number of aliphatic hydroxyl groups excluding tert-OH is 4. The average molecular weight is 232 g/mol. The van der Waals surface area contributed by atoms with Gasteiger partial charge in [0.15, 0.2) is 0 Å². The first-order valence-electron chi connectivity index (χ1n) is 5.80. The highest BCUT2D eigenvalue weighted by Crippen LogP contribution is 2.18. The van der Waals surface area contributed by atoms with E-state index in [0.29, 0.717) is 0 Å². The Kier molecular flexibility index (Phi) is 3.78. The van der Waals surface area contributed by atoms with Crippen LogP contribution in [0.4, 0.5) is 0 Å². The molecular formula is C10H20N2O4. The third-order valence-electron chi connectivity index (χ3n) is 3.44. The van der Waals surface area contributed by atoms with Crippen LogP contribution in [-0.4, -0.2) is 81.1 Å². The fourth-order valence-electron chi connectivity index (χ4n) is 2.40. The Hall–Kier alpha value is -0.240. The Labute approximate surface area is 94.7 Å². The van der Waals surface area contributed by atoms with Gasteiger partial charge in [-0.1, -0.05) is 0 Å². The molecule has 94 valence electrons. The first-order valence-corrected chi connectivity index (χ1v) is 5.80. The summed E-state index contributed by atoms with van der Waals surface area (Å²) in [5.74, 6) is 0. The molecule has 2 aliphatic heterocycles. The number of likely N-dealkylation sites (tertiary alicyclic amines) is 2. The molecule has 0 aromatic heterocycles. The molecule has 0 saturated carbocycles. The van der Waals surface area contributed by atoms with Gasteiger partial charge in [-0.05, 0) is 12.8 Å². The van der Waals surface area contributed by atoms with Crippen LogP contribution in [0.2, 0.25) is 0 Å². The lowest BCUT2D eigenvalue weighted by molar-refractivity contribution is -0.138. The van der Waals surface area contributed by atoms with Crippen LogP contribution in [-0.2, 0) is 0 Å². The van der Waals surface area contributed by atoms with Gasteiger partial charge >= 0.3 is 0 Å². The van der Waals surface area contributed by atoms with Crippen LogP contribution in [0.5, 0.6) is 0 Å². The van der Waals surface area contributed by atoms with Gasteiger partial charge in [0, 0.05) is 26.2 Å². The summed E-state index contributed by atoms with van der Waals surface area (Å²) < 4.78 is 0. The Balaban J connectivity index is 1.89. The van der Waals surface area contributed by atoms with Crippen molar-refractivity contribution in [3.05, 3.63) is 0 Å². The lowest BCUT2D eigenvalue weighted by Crippen LogP contribution is -2.50. The summed E-state index contributed by atoms with van der Waals surface area (Å²) in [5, 5.41) is 38.6. The Morgan fingerprint density at radius 2 is 1.25 bits per heavy atom. The minimum absolute atomic E-state index is 0.202. The van der Waals surface area contributed by atoms with Gasteiger partial charge in [-0.25, -0.2) is 0 Å². The average Bonchev–Trinajstić information content (AvgIpc) is 2.87. The molecule has 0 aromatic carbocycles. The van der Waals surface area contributed by atoms with Gasteiger partial charge in [0.25, 0.3) is 0 Å². The van der Waals surface area contributed by atoms with Crippen molar-refractivity contribution in [2.24, 2.45) is 0 Å². The summed E-state index contributed by atoms with van der Waals surface area (Å²) in [4.78, 5) is 3.33. The number of nitrogens with zero attached hydrogens (tertiary/aromatic N) is 2. The van der Waals surface area contributed by atoms with Crippen LogP contribution in [0, 0.1) is 0 Å². The monoisotopic (exact) mass is 232 g/mol. The summed E-state index contributed by atoms with van der Waals surface area (Å²) >= 11 is 0. The van der Waals surface area contributed by atoms with Crippen molar-refractivity contribution in [3.63, 3.8) is 0 Å². The molecule has 0 bridgehead atoms. The quantitative estimate of drug-likeness (QED) is 0.440. The second-order valence-corrected chi connectivity index (χ2v) is 4.66. The highest BCUT2D eigenvalue weighted by Gasteiger charge is 2.37. The molecule has 0 radical (unpaired) electrons.